The van der Waals surface area contributed by atoms with Gasteiger partial charge in [0.25, 0.3) is 5.91 Å². The van der Waals surface area contributed by atoms with E-state index in [2.05, 4.69) is 33.9 Å². The number of rotatable bonds is 4. The largest absolute Gasteiger partial charge is 0.347 e. The molecule has 23 heavy (non-hydrogen) atoms. The molecule has 2 heterocycles. The first-order valence-electron chi connectivity index (χ1n) is 7.39. The summed E-state index contributed by atoms with van der Waals surface area (Å²) < 4.78 is 0. The lowest BCUT2D eigenvalue weighted by Crippen LogP contribution is -2.22. The van der Waals surface area contributed by atoms with E-state index in [1.165, 1.54) is 0 Å². The summed E-state index contributed by atoms with van der Waals surface area (Å²) in [4.78, 5) is 19.1. The van der Waals surface area contributed by atoms with Crippen molar-refractivity contribution in [2.75, 3.05) is 0 Å². The number of carbonyl (C=O) groups is 1. The van der Waals surface area contributed by atoms with Crippen molar-refractivity contribution in [3.63, 3.8) is 0 Å². The second kappa shape index (κ2) is 6.64. The molecule has 0 aliphatic heterocycles. The number of thiophene rings is 1. The number of carbonyl (C=O) groups excluding carboxylic acids is 1. The topological polar surface area (TPSA) is 42.0 Å². The van der Waals surface area contributed by atoms with Crippen LogP contribution in [0.2, 0.25) is 0 Å². The summed E-state index contributed by atoms with van der Waals surface area (Å²) in [5.74, 6) is -0.0312. The van der Waals surface area contributed by atoms with Crippen molar-refractivity contribution in [3.8, 4) is 10.6 Å². The average molecular weight is 342 g/mol. The minimum absolute atomic E-state index is 0.0312. The third-order valence-electron chi connectivity index (χ3n) is 3.44. The molecule has 3 aromatic rings. The molecular weight excluding hydrogens is 324 g/mol. The number of aryl methyl sites for hydroxylation is 3. The zero-order valence-corrected chi connectivity index (χ0v) is 15.0. The second-order valence-corrected chi connectivity index (χ2v) is 7.81. The molecule has 0 radical (unpaired) electrons. The molecule has 0 unspecified atom stereocenters. The minimum atomic E-state index is -0.0312. The number of aromatic nitrogens is 1. The highest BCUT2D eigenvalue weighted by atomic mass is 32.1. The van der Waals surface area contributed by atoms with E-state index >= 15 is 0 Å². The standard InChI is InChI=1S/C18H18N2OS2/c1-11-6-12(2)8-14(7-11)18(21)19-9-15-4-5-17(23-15)16-10-22-13(3)20-16/h4-8,10H,9H2,1-3H3,(H,19,21). The Morgan fingerprint density at radius 2 is 1.87 bits per heavy atom. The zero-order valence-electron chi connectivity index (χ0n) is 13.3. The van der Waals surface area contributed by atoms with Crippen LogP contribution in [0.3, 0.4) is 0 Å². The van der Waals surface area contributed by atoms with Gasteiger partial charge in [-0.1, -0.05) is 17.2 Å². The van der Waals surface area contributed by atoms with Crippen molar-refractivity contribution in [1.82, 2.24) is 10.3 Å². The molecule has 3 rings (SSSR count). The van der Waals surface area contributed by atoms with Gasteiger partial charge in [0.05, 0.1) is 22.1 Å². The third kappa shape index (κ3) is 3.86. The summed E-state index contributed by atoms with van der Waals surface area (Å²) in [6, 6.07) is 10.0. The fraction of sp³-hybridized carbons (Fsp3) is 0.222. The Hall–Kier alpha value is -1.98. The first-order valence-corrected chi connectivity index (χ1v) is 9.08. The highest BCUT2D eigenvalue weighted by molar-refractivity contribution is 7.16. The van der Waals surface area contributed by atoms with E-state index in [1.807, 2.05) is 32.9 Å². The van der Waals surface area contributed by atoms with E-state index in [4.69, 9.17) is 0 Å². The number of amides is 1. The Labute approximate surface area is 144 Å². The maximum absolute atomic E-state index is 12.3. The number of thiazole rings is 1. The van der Waals surface area contributed by atoms with E-state index < -0.39 is 0 Å². The number of hydrogen-bond donors (Lipinski definition) is 1. The summed E-state index contributed by atoms with van der Waals surface area (Å²) >= 11 is 3.32. The van der Waals surface area contributed by atoms with Gasteiger partial charge in [-0.05, 0) is 45.0 Å². The molecule has 0 fully saturated rings. The third-order valence-corrected chi connectivity index (χ3v) is 5.32. The van der Waals surface area contributed by atoms with E-state index in [0.29, 0.717) is 6.54 Å². The van der Waals surface area contributed by atoms with Crippen LogP contribution in [0.4, 0.5) is 0 Å². The minimum Gasteiger partial charge on any atom is -0.347 e. The second-order valence-electron chi connectivity index (χ2n) is 5.58. The van der Waals surface area contributed by atoms with Gasteiger partial charge < -0.3 is 5.32 Å². The zero-order chi connectivity index (χ0) is 16.4. The van der Waals surface area contributed by atoms with Gasteiger partial charge in [-0.3, -0.25) is 4.79 Å². The van der Waals surface area contributed by atoms with Crippen molar-refractivity contribution < 1.29 is 4.79 Å². The van der Waals surface area contributed by atoms with Gasteiger partial charge in [0.2, 0.25) is 0 Å². The molecule has 5 heteroatoms. The molecule has 118 valence electrons. The van der Waals surface area contributed by atoms with E-state index in [1.54, 1.807) is 22.7 Å². The van der Waals surface area contributed by atoms with Gasteiger partial charge in [-0.15, -0.1) is 22.7 Å². The summed E-state index contributed by atoms with van der Waals surface area (Å²) in [5.41, 5.74) is 3.94. The smallest absolute Gasteiger partial charge is 0.251 e. The fourth-order valence-corrected chi connectivity index (χ4v) is 4.06. The van der Waals surface area contributed by atoms with Crippen LogP contribution >= 0.6 is 22.7 Å². The van der Waals surface area contributed by atoms with Crippen LogP contribution in [0.15, 0.2) is 35.7 Å². The molecule has 0 spiro atoms. The maximum atomic E-state index is 12.3. The Kier molecular flexibility index (Phi) is 4.59. The Morgan fingerprint density at radius 3 is 2.52 bits per heavy atom. The van der Waals surface area contributed by atoms with Crippen molar-refractivity contribution in [1.29, 1.82) is 0 Å². The number of hydrogen-bond acceptors (Lipinski definition) is 4. The Balaban J connectivity index is 1.66. The molecular formula is C18H18N2OS2. The normalized spacial score (nSPS) is 10.7. The van der Waals surface area contributed by atoms with Crippen molar-refractivity contribution in [2.45, 2.75) is 27.3 Å². The van der Waals surface area contributed by atoms with Gasteiger partial charge in [-0.2, -0.15) is 0 Å². The van der Waals surface area contributed by atoms with Crippen LogP contribution in [0.1, 0.15) is 31.4 Å². The lowest BCUT2D eigenvalue weighted by atomic mass is 10.1. The SMILES string of the molecule is Cc1cc(C)cc(C(=O)NCc2ccc(-c3csc(C)n3)s2)c1. The van der Waals surface area contributed by atoms with Gasteiger partial charge in [0.1, 0.15) is 0 Å². The first-order chi connectivity index (χ1) is 11.0. The van der Waals surface area contributed by atoms with Crippen molar-refractivity contribution in [3.05, 3.63) is 62.3 Å². The van der Waals surface area contributed by atoms with Crippen LogP contribution < -0.4 is 5.32 Å². The lowest BCUT2D eigenvalue weighted by molar-refractivity contribution is 0.0951. The van der Waals surface area contributed by atoms with Crippen LogP contribution in [0.25, 0.3) is 10.6 Å². The predicted molar refractivity (Wildman–Crippen MR) is 97.3 cm³/mol. The van der Waals surface area contributed by atoms with Gasteiger partial charge >= 0.3 is 0 Å². The molecule has 1 aromatic carbocycles. The molecule has 0 aliphatic rings. The molecule has 3 nitrogen and oxygen atoms in total. The van der Waals surface area contributed by atoms with E-state index in [0.717, 1.165) is 37.1 Å². The molecule has 1 amide bonds. The fourth-order valence-electron chi connectivity index (χ4n) is 2.46. The van der Waals surface area contributed by atoms with Crippen LogP contribution in [-0.4, -0.2) is 10.9 Å². The predicted octanol–water partition coefficient (Wildman–Crippen LogP) is 4.73. The van der Waals surface area contributed by atoms with Gasteiger partial charge in [0.15, 0.2) is 0 Å². The summed E-state index contributed by atoms with van der Waals surface area (Å²) in [5, 5.41) is 6.13. The summed E-state index contributed by atoms with van der Waals surface area (Å²) in [6.07, 6.45) is 0. The number of nitrogens with zero attached hydrogens (tertiary/aromatic N) is 1. The van der Waals surface area contributed by atoms with E-state index in [9.17, 15) is 4.79 Å². The Bertz CT molecular complexity index is 828. The molecule has 0 saturated carbocycles. The monoisotopic (exact) mass is 342 g/mol. The number of nitrogens with one attached hydrogen (secondary N) is 1. The quantitative estimate of drug-likeness (QED) is 0.745. The highest BCUT2D eigenvalue weighted by Gasteiger charge is 2.09. The van der Waals surface area contributed by atoms with Crippen LogP contribution in [0, 0.1) is 20.8 Å². The molecule has 0 aliphatic carbocycles. The molecule has 0 atom stereocenters. The molecule has 0 bridgehead atoms. The average Bonchev–Trinajstić information content (AvgIpc) is 3.12. The number of benzene rings is 1. The van der Waals surface area contributed by atoms with Gasteiger partial charge in [0, 0.05) is 15.8 Å². The van der Waals surface area contributed by atoms with Crippen molar-refractivity contribution in [2.24, 2.45) is 0 Å². The van der Waals surface area contributed by atoms with Gasteiger partial charge in [-0.25, -0.2) is 4.98 Å². The molecule has 0 saturated heterocycles. The molecule has 2 aromatic heterocycles. The highest BCUT2D eigenvalue weighted by Crippen LogP contribution is 2.28. The molecule has 1 N–H and O–H groups in total. The lowest BCUT2D eigenvalue weighted by Gasteiger charge is -2.06. The first kappa shape index (κ1) is 15.9. The maximum Gasteiger partial charge on any atom is 0.251 e. The van der Waals surface area contributed by atoms with Crippen LogP contribution in [0.5, 0.6) is 0 Å². The Morgan fingerprint density at radius 1 is 1.13 bits per heavy atom. The van der Waals surface area contributed by atoms with Crippen LogP contribution in [-0.2, 0) is 6.54 Å². The summed E-state index contributed by atoms with van der Waals surface area (Å²) in [7, 11) is 0. The summed E-state index contributed by atoms with van der Waals surface area (Å²) in [6.45, 7) is 6.56. The van der Waals surface area contributed by atoms with Crippen molar-refractivity contribution >= 4 is 28.6 Å². The van der Waals surface area contributed by atoms with E-state index in [-0.39, 0.29) is 5.91 Å².